The normalized spacial score (nSPS) is 15.9. The molecular formula is C27H26N2O6. The molecule has 0 bridgehead atoms. The number of esters is 2. The average molecular weight is 475 g/mol. The van der Waals surface area contributed by atoms with Crippen molar-refractivity contribution < 1.29 is 24.0 Å². The molecule has 8 nitrogen and oxygen atoms in total. The summed E-state index contributed by atoms with van der Waals surface area (Å²) in [5, 5.41) is 14.4. The fraction of sp³-hybridized carbons (Fsp3) is 0.185. The van der Waals surface area contributed by atoms with Crippen LogP contribution >= 0.6 is 0 Å². The first-order valence-electron chi connectivity index (χ1n) is 10.9. The van der Waals surface area contributed by atoms with E-state index in [-0.39, 0.29) is 23.4 Å². The van der Waals surface area contributed by atoms with Gasteiger partial charge in [0, 0.05) is 23.5 Å². The Morgan fingerprint density at radius 2 is 1.69 bits per heavy atom. The Hall–Kier alpha value is -4.46. The van der Waals surface area contributed by atoms with Crippen LogP contribution in [-0.4, -0.2) is 30.6 Å². The molecule has 0 aromatic heterocycles. The number of methoxy groups -OCH3 is 1. The summed E-state index contributed by atoms with van der Waals surface area (Å²) in [6, 6.07) is 15.6. The number of hydrogen-bond donors (Lipinski definition) is 1. The number of nitro groups is 1. The van der Waals surface area contributed by atoms with E-state index < -0.39 is 22.8 Å². The molecule has 35 heavy (non-hydrogen) atoms. The Bertz CT molecular complexity index is 1240. The quantitative estimate of drug-likeness (QED) is 0.253. The molecule has 1 unspecified atom stereocenters. The molecule has 8 heteroatoms. The van der Waals surface area contributed by atoms with Crippen molar-refractivity contribution in [2.24, 2.45) is 0 Å². The van der Waals surface area contributed by atoms with Crippen LogP contribution in [0.4, 0.5) is 5.69 Å². The molecule has 1 aliphatic rings. The van der Waals surface area contributed by atoms with Gasteiger partial charge in [-0.2, -0.15) is 0 Å². The van der Waals surface area contributed by atoms with Gasteiger partial charge in [-0.3, -0.25) is 10.1 Å². The minimum atomic E-state index is -0.891. The van der Waals surface area contributed by atoms with Crippen molar-refractivity contribution in [2.75, 3.05) is 13.7 Å². The third-order valence-electron chi connectivity index (χ3n) is 5.45. The number of allylic oxidation sites excluding steroid dienone is 4. The maximum atomic E-state index is 13.1. The fourth-order valence-electron chi connectivity index (χ4n) is 3.86. The Kier molecular flexibility index (Phi) is 8.34. The summed E-state index contributed by atoms with van der Waals surface area (Å²) in [6.45, 7) is 3.38. The van der Waals surface area contributed by atoms with Gasteiger partial charge in [-0.05, 0) is 31.1 Å². The predicted octanol–water partition coefficient (Wildman–Crippen LogP) is 4.82. The number of carbonyl (C=O) groups excluding carboxylic acids is 2. The highest BCUT2D eigenvalue weighted by molar-refractivity contribution is 5.99. The van der Waals surface area contributed by atoms with Crippen molar-refractivity contribution in [1.29, 1.82) is 0 Å². The number of nitrogens with zero attached hydrogens (tertiary/aromatic N) is 1. The highest BCUT2D eigenvalue weighted by Crippen LogP contribution is 2.40. The highest BCUT2D eigenvalue weighted by atomic mass is 16.6. The number of nitrogens with one attached hydrogen (secondary N) is 1. The zero-order valence-electron chi connectivity index (χ0n) is 19.7. The monoisotopic (exact) mass is 474 g/mol. The second kappa shape index (κ2) is 11.6. The topological polar surface area (TPSA) is 108 Å². The largest absolute Gasteiger partial charge is 0.466 e. The van der Waals surface area contributed by atoms with Gasteiger partial charge < -0.3 is 14.8 Å². The lowest BCUT2D eigenvalue weighted by Crippen LogP contribution is -2.32. The molecule has 0 fully saturated rings. The standard InChI is InChI=1S/C27H26N2O6/c1-18-23(26(30)34-3)25(21-14-10-15-22(17-21)29(32)33)24(19(2)28-18)27(31)35-16-9-5-8-13-20-11-6-4-7-12-20/h4-15,17,25,28H,16H2,1-3H3/b9-5-,13-8+. The van der Waals surface area contributed by atoms with Gasteiger partial charge in [0.05, 0.1) is 29.1 Å². The van der Waals surface area contributed by atoms with E-state index in [9.17, 15) is 19.7 Å². The van der Waals surface area contributed by atoms with Gasteiger partial charge in [-0.1, -0.05) is 60.7 Å². The van der Waals surface area contributed by atoms with E-state index in [1.807, 2.05) is 42.5 Å². The second-order valence-electron chi connectivity index (χ2n) is 7.78. The maximum absolute atomic E-state index is 13.1. The lowest BCUT2D eigenvalue weighted by atomic mass is 9.80. The van der Waals surface area contributed by atoms with Gasteiger partial charge in [0.15, 0.2) is 0 Å². The highest BCUT2D eigenvalue weighted by Gasteiger charge is 2.38. The van der Waals surface area contributed by atoms with Crippen molar-refractivity contribution in [3.05, 3.63) is 117 Å². The first-order chi connectivity index (χ1) is 16.8. The summed E-state index contributed by atoms with van der Waals surface area (Å²) >= 11 is 0. The number of non-ortho nitro benzene ring substituents is 1. The van der Waals surface area contributed by atoms with E-state index in [1.54, 1.807) is 32.1 Å². The van der Waals surface area contributed by atoms with Crippen LogP contribution in [0.3, 0.4) is 0 Å². The third-order valence-corrected chi connectivity index (χ3v) is 5.45. The molecule has 0 saturated carbocycles. The van der Waals surface area contributed by atoms with Crippen LogP contribution in [0, 0.1) is 10.1 Å². The molecule has 180 valence electrons. The van der Waals surface area contributed by atoms with Gasteiger partial charge in [0.25, 0.3) is 5.69 Å². The summed E-state index contributed by atoms with van der Waals surface area (Å²) in [7, 11) is 1.24. The number of carbonyl (C=O) groups is 2. The van der Waals surface area contributed by atoms with Gasteiger partial charge in [-0.15, -0.1) is 0 Å². The van der Waals surface area contributed by atoms with Gasteiger partial charge in [-0.25, -0.2) is 9.59 Å². The summed E-state index contributed by atoms with van der Waals surface area (Å²) < 4.78 is 10.4. The molecule has 3 rings (SSSR count). The van der Waals surface area contributed by atoms with Crippen molar-refractivity contribution in [2.45, 2.75) is 19.8 Å². The zero-order chi connectivity index (χ0) is 25.4. The summed E-state index contributed by atoms with van der Waals surface area (Å²) in [5.74, 6) is -2.18. The SMILES string of the molecule is COC(=O)C1=C(C)NC(C)=C(C(=O)OC/C=C\C=C\c2ccccc2)C1c1cccc([N+](=O)[O-])c1. The van der Waals surface area contributed by atoms with Gasteiger partial charge in [0.1, 0.15) is 6.61 Å². The Morgan fingerprint density at radius 1 is 1.00 bits per heavy atom. The van der Waals surface area contributed by atoms with E-state index in [0.29, 0.717) is 17.0 Å². The molecule has 0 aliphatic carbocycles. The third kappa shape index (κ3) is 6.11. The van der Waals surface area contributed by atoms with Crippen LogP contribution in [0.2, 0.25) is 0 Å². The smallest absolute Gasteiger partial charge is 0.337 e. The predicted molar refractivity (Wildman–Crippen MR) is 132 cm³/mol. The van der Waals surface area contributed by atoms with Gasteiger partial charge >= 0.3 is 11.9 Å². The molecule has 1 N–H and O–H groups in total. The van der Waals surface area contributed by atoms with E-state index >= 15 is 0 Å². The molecule has 0 radical (unpaired) electrons. The molecular weight excluding hydrogens is 448 g/mol. The Morgan fingerprint density at radius 3 is 2.34 bits per heavy atom. The van der Waals surface area contributed by atoms with E-state index in [1.165, 1.54) is 25.3 Å². The van der Waals surface area contributed by atoms with E-state index in [2.05, 4.69) is 5.32 Å². The van der Waals surface area contributed by atoms with Crippen LogP contribution in [0.25, 0.3) is 6.08 Å². The Labute approximate surface area is 203 Å². The molecule has 1 aliphatic heterocycles. The molecule has 2 aromatic carbocycles. The molecule has 0 spiro atoms. The molecule has 1 atom stereocenters. The van der Waals surface area contributed by atoms with Crippen molar-refractivity contribution in [3.63, 3.8) is 0 Å². The number of dihydropyridines is 1. The molecule has 0 saturated heterocycles. The zero-order valence-corrected chi connectivity index (χ0v) is 19.7. The second-order valence-corrected chi connectivity index (χ2v) is 7.78. The number of rotatable bonds is 8. The van der Waals surface area contributed by atoms with E-state index in [4.69, 9.17) is 9.47 Å². The number of hydrogen-bond acceptors (Lipinski definition) is 7. The van der Waals surface area contributed by atoms with Crippen LogP contribution in [0.5, 0.6) is 0 Å². The maximum Gasteiger partial charge on any atom is 0.337 e. The number of nitro benzene ring substituents is 1. The lowest BCUT2D eigenvalue weighted by Gasteiger charge is -2.30. The fourth-order valence-corrected chi connectivity index (χ4v) is 3.86. The minimum Gasteiger partial charge on any atom is -0.466 e. The van der Waals surface area contributed by atoms with Crippen LogP contribution in [-0.2, 0) is 19.1 Å². The summed E-state index contributed by atoms with van der Waals surface area (Å²) in [4.78, 5) is 36.6. The van der Waals surface area contributed by atoms with Crippen LogP contribution < -0.4 is 5.32 Å². The molecule has 0 amide bonds. The Balaban J connectivity index is 1.85. The van der Waals surface area contributed by atoms with Crippen LogP contribution in [0.15, 0.2) is 95.4 Å². The van der Waals surface area contributed by atoms with Crippen molar-refractivity contribution in [1.82, 2.24) is 5.32 Å². The average Bonchev–Trinajstić information content (AvgIpc) is 2.85. The summed E-state index contributed by atoms with van der Waals surface area (Å²) in [6.07, 6.45) is 7.21. The first-order valence-corrected chi connectivity index (χ1v) is 10.9. The first kappa shape index (κ1) is 25.2. The summed E-state index contributed by atoms with van der Waals surface area (Å²) in [5.41, 5.74) is 2.66. The number of ether oxygens (including phenoxy) is 2. The molecule has 2 aromatic rings. The van der Waals surface area contributed by atoms with Crippen molar-refractivity contribution in [3.8, 4) is 0 Å². The van der Waals surface area contributed by atoms with Crippen molar-refractivity contribution >= 4 is 23.7 Å². The van der Waals surface area contributed by atoms with E-state index in [0.717, 1.165) is 5.56 Å². The molecule has 1 heterocycles. The number of benzene rings is 2. The van der Waals surface area contributed by atoms with Crippen LogP contribution in [0.1, 0.15) is 30.9 Å². The lowest BCUT2D eigenvalue weighted by molar-refractivity contribution is -0.384. The minimum absolute atomic E-state index is 0.00660. The van der Waals surface area contributed by atoms with Gasteiger partial charge in [0.2, 0.25) is 0 Å².